The van der Waals surface area contributed by atoms with Gasteiger partial charge in [-0.1, -0.05) is 29.8 Å². The van der Waals surface area contributed by atoms with Crippen molar-refractivity contribution in [3.8, 4) is 5.75 Å². The summed E-state index contributed by atoms with van der Waals surface area (Å²) in [5.41, 5.74) is 3.50. The van der Waals surface area contributed by atoms with Crippen molar-refractivity contribution in [3.63, 3.8) is 0 Å². The molecule has 2 aromatic carbocycles. The van der Waals surface area contributed by atoms with E-state index in [9.17, 15) is 9.59 Å². The minimum Gasteiger partial charge on any atom is -0.494 e. The van der Waals surface area contributed by atoms with E-state index in [0.717, 1.165) is 11.3 Å². The van der Waals surface area contributed by atoms with Crippen LogP contribution in [0.25, 0.3) is 0 Å². The lowest BCUT2D eigenvalue weighted by atomic mass is 10.1. The predicted molar refractivity (Wildman–Crippen MR) is 111 cm³/mol. The minimum absolute atomic E-state index is 0.209. The summed E-state index contributed by atoms with van der Waals surface area (Å²) >= 11 is 1.44. The van der Waals surface area contributed by atoms with Crippen molar-refractivity contribution in [2.45, 2.75) is 25.6 Å². The number of nitrogens with zero attached hydrogens (tertiary/aromatic N) is 2. The van der Waals surface area contributed by atoms with Gasteiger partial charge in [0.15, 0.2) is 5.25 Å². The Hall–Kier alpha value is -2.86. The number of thioether (sulfide) groups is 1. The standard InChI is InChI=1S/C22H21N2O3S/c1-3-27-18-10-8-17(9-11-18)24-21(25)20-19(12-13-28-20)23(22(24)26)14-16-6-4-15(2)5-7-16/h4-13,20H,3,14H2,1-2H3/q+1. The van der Waals surface area contributed by atoms with Crippen LogP contribution in [0.4, 0.5) is 10.5 Å². The van der Waals surface area contributed by atoms with E-state index in [4.69, 9.17) is 4.74 Å². The number of rotatable bonds is 5. The fourth-order valence-corrected chi connectivity index (χ4v) is 4.28. The lowest BCUT2D eigenvalue weighted by molar-refractivity contribution is -0.444. The molecule has 0 bridgehead atoms. The van der Waals surface area contributed by atoms with Gasteiger partial charge in [0.1, 0.15) is 23.7 Å². The third kappa shape index (κ3) is 3.36. The number of amides is 3. The van der Waals surface area contributed by atoms with Crippen molar-refractivity contribution in [3.05, 3.63) is 71.1 Å². The molecule has 0 aromatic heterocycles. The van der Waals surface area contributed by atoms with Gasteiger partial charge in [-0.3, -0.25) is 0 Å². The van der Waals surface area contributed by atoms with E-state index in [1.807, 2.05) is 49.6 Å². The van der Waals surface area contributed by atoms with Gasteiger partial charge in [-0.05, 0) is 55.2 Å². The number of carbonyl (C=O) groups excluding carboxylic acids is 2. The second-order valence-electron chi connectivity index (χ2n) is 6.70. The van der Waals surface area contributed by atoms with Gasteiger partial charge in [0.05, 0.1) is 6.61 Å². The van der Waals surface area contributed by atoms with Crippen LogP contribution < -0.4 is 9.64 Å². The number of hydrogen-bond donors (Lipinski definition) is 0. The van der Waals surface area contributed by atoms with Crippen molar-refractivity contribution >= 4 is 35.1 Å². The molecule has 6 heteroatoms. The summed E-state index contributed by atoms with van der Waals surface area (Å²) in [6.45, 7) is 4.93. The maximum absolute atomic E-state index is 13.3. The Morgan fingerprint density at radius 3 is 2.46 bits per heavy atom. The van der Waals surface area contributed by atoms with Gasteiger partial charge in [0.25, 0.3) is 0 Å². The van der Waals surface area contributed by atoms with E-state index in [-0.39, 0.29) is 11.9 Å². The molecule has 3 amide bonds. The normalized spacial score (nSPS) is 18.6. The highest BCUT2D eigenvalue weighted by Gasteiger charge is 2.49. The number of imide groups is 1. The van der Waals surface area contributed by atoms with E-state index in [0.29, 0.717) is 24.6 Å². The number of fused-ring (bicyclic) bond motifs is 1. The fraction of sp³-hybridized carbons (Fsp3) is 0.227. The van der Waals surface area contributed by atoms with Crippen molar-refractivity contribution in [1.82, 2.24) is 0 Å². The molecule has 2 heterocycles. The molecule has 0 saturated heterocycles. The molecule has 0 fully saturated rings. The molecule has 28 heavy (non-hydrogen) atoms. The molecule has 0 aliphatic carbocycles. The molecule has 2 aromatic rings. The Morgan fingerprint density at radius 2 is 1.79 bits per heavy atom. The first-order valence-electron chi connectivity index (χ1n) is 9.21. The highest BCUT2D eigenvalue weighted by molar-refractivity contribution is 8.04. The van der Waals surface area contributed by atoms with Crippen molar-refractivity contribution in [1.29, 1.82) is 0 Å². The van der Waals surface area contributed by atoms with Gasteiger partial charge in [-0.25, -0.2) is 4.79 Å². The summed E-state index contributed by atoms with van der Waals surface area (Å²) in [4.78, 5) is 27.6. The molecule has 0 radical (unpaired) electrons. The summed E-state index contributed by atoms with van der Waals surface area (Å²) in [6, 6.07) is 14.8. The average Bonchev–Trinajstić information content (AvgIpc) is 3.18. The first-order valence-corrected chi connectivity index (χ1v) is 10.2. The van der Waals surface area contributed by atoms with Crippen LogP contribution in [0.3, 0.4) is 0 Å². The summed E-state index contributed by atoms with van der Waals surface area (Å²) < 4.78 is 7.16. The quantitative estimate of drug-likeness (QED) is 0.717. The van der Waals surface area contributed by atoms with Gasteiger partial charge in [0.2, 0.25) is 0 Å². The molecule has 142 valence electrons. The van der Waals surface area contributed by atoms with Crippen molar-refractivity contribution in [2.24, 2.45) is 0 Å². The molecule has 2 aliphatic rings. The number of allylic oxidation sites excluding steroid dienone is 1. The Morgan fingerprint density at radius 1 is 1.07 bits per heavy atom. The van der Waals surface area contributed by atoms with Crippen LogP contribution in [0.1, 0.15) is 18.1 Å². The highest BCUT2D eigenvalue weighted by Crippen LogP contribution is 2.31. The predicted octanol–water partition coefficient (Wildman–Crippen LogP) is 4.14. The molecule has 0 saturated carbocycles. The topological polar surface area (TPSA) is 49.6 Å². The van der Waals surface area contributed by atoms with Crippen LogP contribution in [0.2, 0.25) is 0 Å². The highest BCUT2D eigenvalue weighted by atomic mass is 32.2. The zero-order valence-electron chi connectivity index (χ0n) is 15.8. The minimum atomic E-state index is -0.394. The van der Waals surface area contributed by atoms with E-state index in [1.165, 1.54) is 22.2 Å². The molecule has 5 nitrogen and oxygen atoms in total. The first kappa shape index (κ1) is 18.5. The number of carbonyl (C=O) groups is 2. The molecule has 2 aliphatic heterocycles. The van der Waals surface area contributed by atoms with Gasteiger partial charge < -0.3 is 4.74 Å². The number of anilines is 1. The van der Waals surface area contributed by atoms with Crippen molar-refractivity contribution in [2.75, 3.05) is 11.5 Å². The van der Waals surface area contributed by atoms with Gasteiger partial charge in [-0.15, -0.1) is 16.7 Å². The lowest BCUT2D eigenvalue weighted by Gasteiger charge is -2.24. The smallest absolute Gasteiger partial charge is 0.494 e. The summed E-state index contributed by atoms with van der Waals surface area (Å²) in [5.74, 6) is 0.503. The molecule has 4 rings (SSSR count). The maximum Gasteiger partial charge on any atom is 0.506 e. The lowest BCUT2D eigenvalue weighted by Crippen LogP contribution is -2.55. The van der Waals surface area contributed by atoms with Gasteiger partial charge >= 0.3 is 11.9 Å². The van der Waals surface area contributed by atoms with E-state index >= 15 is 0 Å². The first-order chi connectivity index (χ1) is 13.6. The van der Waals surface area contributed by atoms with Crippen molar-refractivity contribution < 1.29 is 18.9 Å². The maximum atomic E-state index is 13.3. The number of hydrogen-bond acceptors (Lipinski definition) is 4. The van der Waals surface area contributed by atoms with Gasteiger partial charge in [0, 0.05) is 0 Å². The van der Waals surface area contributed by atoms with Crippen LogP contribution in [-0.2, 0) is 11.3 Å². The fourth-order valence-electron chi connectivity index (χ4n) is 3.33. The zero-order valence-corrected chi connectivity index (χ0v) is 16.6. The van der Waals surface area contributed by atoms with Crippen LogP contribution in [0, 0.1) is 6.92 Å². The zero-order chi connectivity index (χ0) is 19.7. The van der Waals surface area contributed by atoms with Crippen LogP contribution in [-0.4, -0.2) is 34.1 Å². The van der Waals surface area contributed by atoms with E-state index < -0.39 is 5.25 Å². The molecule has 0 spiro atoms. The summed E-state index contributed by atoms with van der Waals surface area (Å²) in [7, 11) is 0. The van der Waals surface area contributed by atoms with Crippen LogP contribution in [0.5, 0.6) is 5.75 Å². The van der Waals surface area contributed by atoms with Crippen LogP contribution in [0.15, 0.2) is 60.0 Å². The Labute approximate surface area is 168 Å². The molecular formula is C22H21N2O3S+. The Bertz CT molecular complexity index is 978. The summed E-state index contributed by atoms with van der Waals surface area (Å²) in [6.07, 6.45) is 1.87. The van der Waals surface area contributed by atoms with Gasteiger partial charge in [-0.2, -0.15) is 9.37 Å². The molecular weight excluding hydrogens is 372 g/mol. The molecule has 1 atom stereocenters. The Kier molecular flexibility index (Phi) is 5.05. The number of urea groups is 1. The second kappa shape index (κ2) is 7.64. The largest absolute Gasteiger partial charge is 0.506 e. The SMILES string of the molecule is CCOc1ccc(N2C(=O)C3SC=CC3=[N+](Cc3ccc(C)cc3)C2=O)cc1. The molecule has 1 unspecified atom stereocenters. The average molecular weight is 393 g/mol. The Balaban J connectivity index is 1.69. The third-order valence-corrected chi connectivity index (χ3v) is 5.78. The van der Waals surface area contributed by atoms with E-state index in [2.05, 4.69) is 0 Å². The van der Waals surface area contributed by atoms with Crippen LogP contribution >= 0.6 is 11.8 Å². The third-order valence-electron chi connectivity index (χ3n) is 4.77. The molecule has 0 N–H and O–H groups in total. The monoisotopic (exact) mass is 393 g/mol. The number of aryl methyl sites for hydroxylation is 1. The number of benzene rings is 2. The van der Waals surface area contributed by atoms with E-state index in [1.54, 1.807) is 28.8 Å². The summed E-state index contributed by atoms with van der Waals surface area (Å²) in [5, 5.41) is 1.49. The number of ether oxygens (including phenoxy) is 1. The second-order valence-corrected chi connectivity index (χ2v) is 7.71.